The van der Waals surface area contributed by atoms with Gasteiger partial charge in [0.05, 0.1) is 13.2 Å². The second-order valence-corrected chi connectivity index (χ2v) is 7.28. The lowest BCUT2D eigenvalue weighted by molar-refractivity contribution is -0.109. The summed E-state index contributed by atoms with van der Waals surface area (Å²) in [5.41, 5.74) is 2.17. The first-order chi connectivity index (χ1) is 13.7. The van der Waals surface area contributed by atoms with E-state index in [1.165, 1.54) is 5.56 Å². The highest BCUT2D eigenvalue weighted by atomic mass is 19.1. The second-order valence-electron chi connectivity index (χ2n) is 7.28. The predicted molar refractivity (Wildman–Crippen MR) is 104 cm³/mol. The van der Waals surface area contributed by atoms with Crippen LogP contribution >= 0.6 is 0 Å². The number of benzene rings is 2. The summed E-state index contributed by atoms with van der Waals surface area (Å²) in [5.74, 6) is 0.467. The van der Waals surface area contributed by atoms with Gasteiger partial charge in [-0.2, -0.15) is 0 Å². The summed E-state index contributed by atoms with van der Waals surface area (Å²) >= 11 is 0. The van der Waals surface area contributed by atoms with E-state index in [9.17, 15) is 9.18 Å². The molecule has 0 aromatic heterocycles. The molecule has 0 radical (unpaired) electrons. The Morgan fingerprint density at radius 2 is 1.86 bits per heavy atom. The van der Waals surface area contributed by atoms with Crippen molar-refractivity contribution in [3.8, 4) is 0 Å². The molecule has 1 heterocycles. The fourth-order valence-electron chi connectivity index (χ4n) is 3.61. The normalized spacial score (nSPS) is 26.7. The molecule has 2 unspecified atom stereocenters. The Labute approximate surface area is 164 Å². The first kappa shape index (κ1) is 18.9. The minimum atomic E-state index is -1.52. The lowest BCUT2D eigenvalue weighted by atomic mass is 10.1. The maximum atomic E-state index is 14.8. The molecule has 6 heteroatoms. The number of morpholine rings is 1. The van der Waals surface area contributed by atoms with Crippen LogP contribution in [-0.2, 0) is 16.1 Å². The van der Waals surface area contributed by atoms with Crippen molar-refractivity contribution in [3.05, 3.63) is 71.8 Å². The molecule has 1 amide bonds. The molecule has 0 spiro atoms. The van der Waals surface area contributed by atoms with Gasteiger partial charge in [-0.15, -0.1) is 0 Å². The van der Waals surface area contributed by atoms with Gasteiger partial charge in [-0.05, 0) is 17.5 Å². The molecule has 1 aliphatic carbocycles. The van der Waals surface area contributed by atoms with Crippen molar-refractivity contribution in [2.75, 3.05) is 19.7 Å². The molecule has 2 fully saturated rings. The molecule has 2 aliphatic rings. The molecule has 1 saturated carbocycles. The van der Waals surface area contributed by atoms with Gasteiger partial charge in [-0.3, -0.25) is 4.90 Å². The summed E-state index contributed by atoms with van der Waals surface area (Å²) < 4.78 is 25.7. The predicted octanol–water partition coefficient (Wildman–Crippen LogP) is 3.47. The zero-order chi connectivity index (χ0) is 19.3. The van der Waals surface area contributed by atoms with E-state index >= 15 is 0 Å². The molecule has 1 N–H and O–H groups in total. The Morgan fingerprint density at radius 3 is 2.61 bits per heavy atom. The minimum Gasteiger partial charge on any atom is -0.444 e. The third-order valence-corrected chi connectivity index (χ3v) is 5.31. The largest absolute Gasteiger partial charge is 0.444 e. The van der Waals surface area contributed by atoms with Gasteiger partial charge in [0.25, 0.3) is 0 Å². The van der Waals surface area contributed by atoms with Gasteiger partial charge in [0.1, 0.15) is 12.7 Å². The highest BCUT2D eigenvalue weighted by molar-refractivity contribution is 5.68. The summed E-state index contributed by atoms with van der Waals surface area (Å²) in [6, 6.07) is 20.0. The van der Waals surface area contributed by atoms with Crippen LogP contribution in [0.1, 0.15) is 23.5 Å². The monoisotopic (exact) mass is 384 g/mol. The Balaban J connectivity index is 1.25. The van der Waals surface area contributed by atoms with Gasteiger partial charge in [0.2, 0.25) is 6.30 Å². The summed E-state index contributed by atoms with van der Waals surface area (Å²) in [7, 11) is 0. The topological polar surface area (TPSA) is 50.8 Å². The molecule has 4 atom stereocenters. The molecular weight excluding hydrogens is 359 g/mol. The van der Waals surface area contributed by atoms with E-state index in [2.05, 4.69) is 17.4 Å². The van der Waals surface area contributed by atoms with Gasteiger partial charge in [0, 0.05) is 18.5 Å². The van der Waals surface area contributed by atoms with Crippen LogP contribution in [0.5, 0.6) is 0 Å². The molecule has 4 rings (SSSR count). The SMILES string of the molecule is O=C(OCc1ccccc1)N1CCOC(CN[C@@H]2C[C@H]2c2ccccc2)C1F. The number of hydrogen-bond donors (Lipinski definition) is 1. The van der Waals surface area contributed by atoms with E-state index in [1.807, 2.05) is 48.5 Å². The average Bonchev–Trinajstić information content (AvgIpc) is 3.52. The highest BCUT2D eigenvalue weighted by Crippen LogP contribution is 2.40. The number of alkyl halides is 1. The van der Waals surface area contributed by atoms with E-state index in [1.54, 1.807) is 0 Å². The zero-order valence-electron chi connectivity index (χ0n) is 15.7. The molecule has 2 aromatic carbocycles. The molecule has 148 valence electrons. The van der Waals surface area contributed by atoms with Gasteiger partial charge < -0.3 is 14.8 Å². The molecular formula is C22H25FN2O3. The summed E-state index contributed by atoms with van der Waals surface area (Å²) in [4.78, 5) is 13.4. The Kier molecular flexibility index (Phi) is 5.88. The van der Waals surface area contributed by atoms with Crippen LogP contribution in [0.3, 0.4) is 0 Å². The van der Waals surface area contributed by atoms with Crippen LogP contribution in [-0.4, -0.2) is 49.1 Å². The second kappa shape index (κ2) is 8.71. The third kappa shape index (κ3) is 4.51. The molecule has 0 bridgehead atoms. The maximum Gasteiger partial charge on any atom is 0.412 e. The van der Waals surface area contributed by atoms with Crippen molar-refractivity contribution in [2.24, 2.45) is 0 Å². The number of hydrogen-bond acceptors (Lipinski definition) is 4. The first-order valence-corrected chi connectivity index (χ1v) is 9.73. The number of nitrogens with one attached hydrogen (secondary N) is 1. The molecule has 2 aromatic rings. The lowest BCUT2D eigenvalue weighted by Crippen LogP contribution is -2.54. The maximum absolute atomic E-state index is 14.8. The fourth-order valence-corrected chi connectivity index (χ4v) is 3.61. The number of carbonyl (C=O) groups excluding carboxylic acids is 1. The average molecular weight is 384 g/mol. The number of carbonyl (C=O) groups is 1. The van der Waals surface area contributed by atoms with Crippen LogP contribution in [0.4, 0.5) is 9.18 Å². The van der Waals surface area contributed by atoms with Crippen molar-refractivity contribution >= 4 is 6.09 Å². The van der Waals surface area contributed by atoms with Crippen molar-refractivity contribution in [3.63, 3.8) is 0 Å². The van der Waals surface area contributed by atoms with Crippen molar-refractivity contribution in [2.45, 2.75) is 37.4 Å². The Bertz CT molecular complexity index is 774. The standard InChI is InChI=1S/C22H25FN2O3/c23-21-20(14-24-19-13-18(19)17-9-5-2-6-10-17)27-12-11-25(21)22(26)28-15-16-7-3-1-4-8-16/h1-10,18-21,24H,11-15H2/t18-,19+,20?,21?/m0/s1. The van der Waals surface area contributed by atoms with Gasteiger partial charge in [-0.25, -0.2) is 9.18 Å². The smallest absolute Gasteiger partial charge is 0.412 e. The van der Waals surface area contributed by atoms with Gasteiger partial charge in [-0.1, -0.05) is 60.7 Å². The molecule has 28 heavy (non-hydrogen) atoms. The fraction of sp³-hybridized carbons (Fsp3) is 0.409. The number of rotatable bonds is 6. The lowest BCUT2D eigenvalue weighted by Gasteiger charge is -2.35. The van der Waals surface area contributed by atoms with E-state index < -0.39 is 18.5 Å². The van der Waals surface area contributed by atoms with E-state index in [-0.39, 0.29) is 13.2 Å². The molecule has 1 aliphatic heterocycles. The van der Waals surface area contributed by atoms with Crippen molar-refractivity contribution in [1.29, 1.82) is 0 Å². The number of nitrogens with zero attached hydrogens (tertiary/aromatic N) is 1. The molecule has 5 nitrogen and oxygen atoms in total. The van der Waals surface area contributed by atoms with E-state index in [0.29, 0.717) is 25.1 Å². The minimum absolute atomic E-state index is 0.132. The van der Waals surface area contributed by atoms with Crippen molar-refractivity contribution < 1.29 is 18.7 Å². The zero-order valence-corrected chi connectivity index (χ0v) is 15.7. The summed E-state index contributed by atoms with van der Waals surface area (Å²) in [5, 5.41) is 3.38. The van der Waals surface area contributed by atoms with Crippen LogP contribution in [0.25, 0.3) is 0 Å². The van der Waals surface area contributed by atoms with Gasteiger partial charge in [0.15, 0.2) is 0 Å². The van der Waals surface area contributed by atoms with Crippen molar-refractivity contribution in [1.82, 2.24) is 10.2 Å². The van der Waals surface area contributed by atoms with Crippen LogP contribution in [0, 0.1) is 0 Å². The first-order valence-electron chi connectivity index (χ1n) is 9.73. The number of ether oxygens (including phenoxy) is 2. The van der Waals surface area contributed by atoms with E-state index in [0.717, 1.165) is 16.9 Å². The third-order valence-electron chi connectivity index (χ3n) is 5.31. The van der Waals surface area contributed by atoms with E-state index in [4.69, 9.17) is 9.47 Å². The number of halogens is 1. The van der Waals surface area contributed by atoms with Crippen LogP contribution in [0.2, 0.25) is 0 Å². The molecule has 1 saturated heterocycles. The summed E-state index contributed by atoms with van der Waals surface area (Å²) in [6.07, 6.45) is -1.80. The highest BCUT2D eigenvalue weighted by Gasteiger charge is 2.41. The quantitative estimate of drug-likeness (QED) is 0.775. The van der Waals surface area contributed by atoms with Crippen LogP contribution in [0.15, 0.2) is 60.7 Å². The number of amides is 1. The van der Waals surface area contributed by atoms with Crippen LogP contribution < -0.4 is 5.32 Å². The van der Waals surface area contributed by atoms with Gasteiger partial charge >= 0.3 is 6.09 Å². The Hall–Kier alpha value is -2.44. The Morgan fingerprint density at radius 1 is 1.14 bits per heavy atom. The summed E-state index contributed by atoms with van der Waals surface area (Å²) in [6.45, 7) is 1.01.